The fourth-order valence-corrected chi connectivity index (χ4v) is 3.22. The molecule has 3 aromatic heterocycles. The molecule has 0 fully saturated rings. The van der Waals surface area contributed by atoms with E-state index in [2.05, 4.69) is 10.3 Å². The van der Waals surface area contributed by atoms with Gasteiger partial charge in [-0.3, -0.25) is 0 Å². The lowest BCUT2D eigenvalue weighted by molar-refractivity contribution is 0.0453. The fraction of sp³-hybridized carbons (Fsp3) is 0.105. The van der Waals surface area contributed by atoms with E-state index in [1.54, 1.807) is 35.1 Å². The van der Waals surface area contributed by atoms with Gasteiger partial charge in [0.1, 0.15) is 23.8 Å². The third-order valence-corrected chi connectivity index (χ3v) is 4.61. The number of esters is 1. The van der Waals surface area contributed by atoms with Gasteiger partial charge in [-0.25, -0.2) is 9.48 Å². The van der Waals surface area contributed by atoms with Crippen molar-refractivity contribution < 1.29 is 14.1 Å². The molecule has 0 aliphatic heterocycles. The van der Waals surface area contributed by atoms with Gasteiger partial charge in [0.2, 0.25) is 0 Å². The lowest BCUT2D eigenvalue weighted by atomic mass is 10.3. The summed E-state index contributed by atoms with van der Waals surface area (Å²) >= 11 is 1.57. The smallest absolute Gasteiger partial charge is 0.357 e. The number of hydrogen-bond acceptors (Lipinski definition) is 6. The lowest BCUT2D eigenvalue weighted by Crippen LogP contribution is -2.12. The summed E-state index contributed by atoms with van der Waals surface area (Å²) < 4.78 is 12.0. The first-order valence-electron chi connectivity index (χ1n) is 7.99. The minimum absolute atomic E-state index is 0.0461. The van der Waals surface area contributed by atoms with E-state index in [0.717, 1.165) is 16.3 Å². The Labute approximate surface area is 153 Å². The van der Waals surface area contributed by atoms with Crippen LogP contribution in [0.5, 0.6) is 0 Å². The first-order valence-corrected chi connectivity index (χ1v) is 8.87. The molecule has 0 radical (unpaired) electrons. The summed E-state index contributed by atoms with van der Waals surface area (Å²) in [5, 5.41) is 10.4. The molecular weight excluding hydrogens is 350 g/mol. The van der Waals surface area contributed by atoms with E-state index < -0.39 is 5.97 Å². The highest BCUT2D eigenvalue weighted by molar-refractivity contribution is 7.13. The van der Waals surface area contributed by atoms with Crippen molar-refractivity contribution >= 4 is 17.3 Å². The molecule has 7 heteroatoms. The molecule has 0 saturated heterocycles. The number of thiophene rings is 1. The molecule has 4 aromatic rings. The van der Waals surface area contributed by atoms with Crippen LogP contribution in [0.4, 0.5) is 0 Å². The molecule has 0 aliphatic carbocycles. The summed E-state index contributed by atoms with van der Waals surface area (Å²) in [4.78, 5) is 13.7. The molecule has 0 amide bonds. The summed E-state index contributed by atoms with van der Waals surface area (Å²) in [6.45, 7) is 1.83. The van der Waals surface area contributed by atoms with E-state index in [-0.39, 0.29) is 6.61 Å². The second kappa shape index (κ2) is 6.97. The molecular formula is C19H15N3O3S. The number of hydrogen-bond donors (Lipinski definition) is 0. The van der Waals surface area contributed by atoms with Gasteiger partial charge in [0.05, 0.1) is 10.6 Å². The van der Waals surface area contributed by atoms with Crippen molar-refractivity contribution in [3.63, 3.8) is 0 Å². The van der Waals surface area contributed by atoms with Crippen molar-refractivity contribution in [3.05, 3.63) is 77.1 Å². The highest BCUT2D eigenvalue weighted by atomic mass is 32.1. The van der Waals surface area contributed by atoms with Gasteiger partial charge in [-0.1, -0.05) is 29.4 Å². The van der Waals surface area contributed by atoms with Crippen LogP contribution in [-0.4, -0.2) is 20.9 Å². The molecule has 0 atom stereocenters. The van der Waals surface area contributed by atoms with Crippen LogP contribution in [-0.2, 0) is 11.3 Å². The average molecular weight is 365 g/mol. The number of ether oxygens (including phenoxy) is 1. The Morgan fingerprint density at radius 3 is 2.73 bits per heavy atom. The number of carbonyl (C=O) groups excluding carboxylic acids is 1. The Hall–Kier alpha value is -3.19. The Morgan fingerprint density at radius 1 is 1.19 bits per heavy atom. The zero-order valence-electron chi connectivity index (χ0n) is 14.0. The van der Waals surface area contributed by atoms with Crippen LogP contribution in [0.1, 0.15) is 21.9 Å². The monoisotopic (exact) mass is 365 g/mol. The van der Waals surface area contributed by atoms with Crippen LogP contribution in [0, 0.1) is 6.92 Å². The summed E-state index contributed by atoms with van der Waals surface area (Å²) in [6, 6.07) is 16.9. The molecule has 0 unspecified atom stereocenters. The molecule has 0 saturated carbocycles. The normalized spacial score (nSPS) is 10.8. The average Bonchev–Trinajstić information content (AvgIpc) is 3.40. The Kier molecular flexibility index (Phi) is 4.37. The second-order valence-electron chi connectivity index (χ2n) is 5.64. The summed E-state index contributed by atoms with van der Waals surface area (Å²) in [5.41, 5.74) is 2.45. The predicted molar refractivity (Wildman–Crippen MR) is 97.2 cm³/mol. The number of rotatable bonds is 5. The van der Waals surface area contributed by atoms with E-state index in [4.69, 9.17) is 9.26 Å². The van der Waals surface area contributed by atoms with E-state index in [0.29, 0.717) is 17.1 Å². The summed E-state index contributed by atoms with van der Waals surface area (Å²) in [7, 11) is 0. The Bertz CT molecular complexity index is 1020. The molecule has 0 bridgehead atoms. The molecule has 0 spiro atoms. The molecule has 4 rings (SSSR count). The maximum absolute atomic E-state index is 12.7. The molecule has 3 heterocycles. The largest absolute Gasteiger partial charge is 0.454 e. The third kappa shape index (κ3) is 3.29. The van der Waals surface area contributed by atoms with Crippen LogP contribution in [0.3, 0.4) is 0 Å². The Morgan fingerprint density at radius 2 is 2.04 bits per heavy atom. The zero-order valence-corrected chi connectivity index (χ0v) is 14.8. The van der Waals surface area contributed by atoms with Gasteiger partial charge in [-0.2, -0.15) is 5.10 Å². The topological polar surface area (TPSA) is 70.2 Å². The van der Waals surface area contributed by atoms with Crippen molar-refractivity contribution in [2.24, 2.45) is 0 Å². The number of nitrogens with zero attached hydrogens (tertiary/aromatic N) is 3. The van der Waals surface area contributed by atoms with E-state index >= 15 is 0 Å². The minimum Gasteiger partial charge on any atom is -0.454 e. The van der Waals surface area contributed by atoms with E-state index in [1.165, 1.54) is 0 Å². The van der Waals surface area contributed by atoms with Gasteiger partial charge < -0.3 is 9.26 Å². The van der Waals surface area contributed by atoms with Gasteiger partial charge in [-0.05, 0) is 30.5 Å². The van der Waals surface area contributed by atoms with Crippen molar-refractivity contribution in [2.45, 2.75) is 13.5 Å². The minimum atomic E-state index is -0.468. The fourth-order valence-electron chi connectivity index (χ4n) is 2.54. The molecule has 1 aromatic carbocycles. The van der Waals surface area contributed by atoms with Gasteiger partial charge in [0.15, 0.2) is 5.69 Å². The zero-order chi connectivity index (χ0) is 17.9. The van der Waals surface area contributed by atoms with Gasteiger partial charge in [0, 0.05) is 12.1 Å². The van der Waals surface area contributed by atoms with Gasteiger partial charge in [0.25, 0.3) is 0 Å². The highest BCUT2D eigenvalue weighted by Crippen LogP contribution is 2.26. The molecule has 6 nitrogen and oxygen atoms in total. The quantitative estimate of drug-likeness (QED) is 0.494. The third-order valence-electron chi connectivity index (χ3n) is 3.72. The van der Waals surface area contributed by atoms with E-state index in [1.807, 2.05) is 47.8 Å². The maximum Gasteiger partial charge on any atom is 0.357 e. The van der Waals surface area contributed by atoms with Crippen LogP contribution in [0.2, 0.25) is 0 Å². The SMILES string of the molecule is Cc1cc(COC(=O)c2cc(-c3cccs3)nn2-c2ccccc2)no1. The molecule has 0 aliphatic rings. The Balaban J connectivity index is 1.65. The van der Waals surface area contributed by atoms with Gasteiger partial charge in [-0.15, -0.1) is 11.3 Å². The first kappa shape index (κ1) is 16.3. The molecule has 130 valence electrons. The van der Waals surface area contributed by atoms with Crippen LogP contribution in [0.25, 0.3) is 16.3 Å². The number of aromatic nitrogens is 3. The second-order valence-corrected chi connectivity index (χ2v) is 6.59. The first-order chi connectivity index (χ1) is 12.7. The van der Waals surface area contributed by atoms with Crippen LogP contribution >= 0.6 is 11.3 Å². The standard InChI is InChI=1S/C19H15N3O3S/c1-13-10-14(21-25-13)12-24-19(23)17-11-16(18-8-5-9-26-18)20-22(17)15-6-3-2-4-7-15/h2-11H,12H2,1H3. The number of aryl methyl sites for hydroxylation is 1. The van der Waals surface area contributed by atoms with Crippen molar-refractivity contribution in [1.82, 2.24) is 14.9 Å². The lowest BCUT2D eigenvalue weighted by Gasteiger charge is -2.06. The predicted octanol–water partition coefficient (Wildman–Crippen LogP) is 4.25. The number of para-hydroxylation sites is 1. The van der Waals surface area contributed by atoms with Crippen LogP contribution in [0.15, 0.2) is 64.5 Å². The number of carbonyl (C=O) groups is 1. The van der Waals surface area contributed by atoms with Crippen molar-refractivity contribution in [3.8, 4) is 16.3 Å². The summed E-state index contributed by atoms with van der Waals surface area (Å²) in [5.74, 6) is 0.204. The van der Waals surface area contributed by atoms with Crippen LogP contribution < -0.4 is 0 Å². The summed E-state index contributed by atoms with van der Waals surface area (Å²) in [6.07, 6.45) is 0. The van der Waals surface area contributed by atoms with Crippen molar-refractivity contribution in [1.29, 1.82) is 0 Å². The highest BCUT2D eigenvalue weighted by Gasteiger charge is 2.19. The van der Waals surface area contributed by atoms with Gasteiger partial charge >= 0.3 is 5.97 Å². The van der Waals surface area contributed by atoms with E-state index in [9.17, 15) is 4.79 Å². The molecule has 0 N–H and O–H groups in total. The number of benzene rings is 1. The van der Waals surface area contributed by atoms with Crippen molar-refractivity contribution in [2.75, 3.05) is 0 Å². The molecule has 26 heavy (non-hydrogen) atoms. The maximum atomic E-state index is 12.7.